The van der Waals surface area contributed by atoms with Gasteiger partial charge < -0.3 is 9.15 Å². The fourth-order valence-electron chi connectivity index (χ4n) is 1.17. The van der Waals surface area contributed by atoms with Crippen LogP contribution in [0, 0.1) is 6.92 Å². The van der Waals surface area contributed by atoms with Crippen LogP contribution in [0.15, 0.2) is 39.4 Å². The summed E-state index contributed by atoms with van der Waals surface area (Å²) in [5, 5.41) is 0. The normalized spacial score (nSPS) is 10.3. The van der Waals surface area contributed by atoms with Crippen molar-refractivity contribution in [3.63, 3.8) is 0 Å². The molecule has 0 fully saturated rings. The molecule has 1 heterocycles. The van der Waals surface area contributed by atoms with Crippen molar-refractivity contribution in [3.05, 3.63) is 46.6 Å². The van der Waals surface area contributed by atoms with Gasteiger partial charge in [-0.3, -0.25) is 0 Å². The third-order valence-corrected chi connectivity index (χ3v) is 2.32. The zero-order valence-electron chi connectivity index (χ0n) is 8.24. The van der Waals surface area contributed by atoms with Gasteiger partial charge in [0, 0.05) is 4.47 Å². The van der Waals surface area contributed by atoms with E-state index in [1.54, 1.807) is 6.26 Å². The molecule has 0 spiro atoms. The summed E-state index contributed by atoms with van der Waals surface area (Å²) in [6.45, 7) is 2.23. The molecular weight excluding hydrogens is 258 g/mol. The number of nitrogens with zero attached hydrogens (tertiary/aromatic N) is 1. The van der Waals surface area contributed by atoms with E-state index in [9.17, 15) is 0 Å². The van der Waals surface area contributed by atoms with Crippen LogP contribution in [0.1, 0.15) is 11.6 Å². The van der Waals surface area contributed by atoms with E-state index < -0.39 is 0 Å². The maximum atomic E-state index is 5.50. The van der Waals surface area contributed by atoms with Crippen molar-refractivity contribution in [1.29, 1.82) is 0 Å². The summed E-state index contributed by atoms with van der Waals surface area (Å²) in [6.07, 6.45) is 1.61. The van der Waals surface area contributed by atoms with Gasteiger partial charge in [0.1, 0.15) is 12.0 Å². The second kappa shape index (κ2) is 4.49. The predicted octanol–water partition coefficient (Wildman–Crippen LogP) is 3.32. The van der Waals surface area contributed by atoms with Gasteiger partial charge in [0.15, 0.2) is 6.61 Å². The van der Waals surface area contributed by atoms with Gasteiger partial charge in [-0.05, 0) is 25.1 Å². The van der Waals surface area contributed by atoms with E-state index in [0.717, 1.165) is 15.9 Å². The second-order valence-corrected chi connectivity index (χ2v) is 4.04. The fourth-order valence-corrected chi connectivity index (χ4v) is 1.55. The molecule has 0 aliphatic heterocycles. The third-order valence-electron chi connectivity index (χ3n) is 1.82. The molecule has 78 valence electrons. The SMILES string of the molecule is Cc1coc(COc2cccc(Br)c2)n1. The molecule has 0 N–H and O–H groups in total. The molecule has 0 aliphatic rings. The van der Waals surface area contributed by atoms with Gasteiger partial charge >= 0.3 is 0 Å². The van der Waals surface area contributed by atoms with Gasteiger partial charge in [-0.15, -0.1) is 0 Å². The minimum Gasteiger partial charge on any atom is -0.484 e. The molecule has 2 aromatic rings. The number of benzene rings is 1. The average molecular weight is 268 g/mol. The van der Waals surface area contributed by atoms with Crippen LogP contribution in [0.25, 0.3) is 0 Å². The number of aromatic nitrogens is 1. The van der Waals surface area contributed by atoms with Gasteiger partial charge in [-0.25, -0.2) is 4.98 Å². The first-order valence-electron chi connectivity index (χ1n) is 4.53. The first-order chi connectivity index (χ1) is 7.24. The number of aryl methyl sites for hydroxylation is 1. The summed E-state index contributed by atoms with van der Waals surface area (Å²) in [7, 11) is 0. The van der Waals surface area contributed by atoms with Gasteiger partial charge in [-0.1, -0.05) is 22.0 Å². The number of oxazole rings is 1. The Morgan fingerprint density at radius 3 is 3.00 bits per heavy atom. The monoisotopic (exact) mass is 267 g/mol. The highest BCUT2D eigenvalue weighted by molar-refractivity contribution is 9.10. The molecule has 0 atom stereocenters. The van der Waals surface area contributed by atoms with Gasteiger partial charge in [0.25, 0.3) is 0 Å². The number of hydrogen-bond acceptors (Lipinski definition) is 3. The van der Waals surface area contributed by atoms with Crippen molar-refractivity contribution in [2.75, 3.05) is 0 Å². The number of halogens is 1. The third kappa shape index (κ3) is 2.83. The summed E-state index contributed by atoms with van der Waals surface area (Å²) in [6, 6.07) is 7.65. The van der Waals surface area contributed by atoms with Crippen molar-refractivity contribution in [2.45, 2.75) is 13.5 Å². The lowest BCUT2D eigenvalue weighted by atomic mass is 10.3. The minimum absolute atomic E-state index is 0.351. The average Bonchev–Trinajstić information content (AvgIpc) is 2.62. The second-order valence-electron chi connectivity index (χ2n) is 3.13. The van der Waals surface area contributed by atoms with Crippen LogP contribution in [0.4, 0.5) is 0 Å². The lowest BCUT2D eigenvalue weighted by molar-refractivity contribution is 0.263. The van der Waals surface area contributed by atoms with E-state index in [-0.39, 0.29) is 0 Å². The zero-order valence-corrected chi connectivity index (χ0v) is 9.82. The quantitative estimate of drug-likeness (QED) is 0.856. The number of hydrogen-bond donors (Lipinski definition) is 0. The largest absolute Gasteiger partial charge is 0.484 e. The molecule has 1 aromatic heterocycles. The predicted molar refractivity (Wildman–Crippen MR) is 59.7 cm³/mol. The van der Waals surface area contributed by atoms with Crippen molar-refractivity contribution in [2.24, 2.45) is 0 Å². The lowest BCUT2D eigenvalue weighted by Gasteiger charge is -2.03. The molecule has 0 saturated carbocycles. The van der Waals surface area contributed by atoms with Crippen LogP contribution < -0.4 is 4.74 Å². The van der Waals surface area contributed by atoms with Crippen LogP contribution in [-0.4, -0.2) is 4.98 Å². The topological polar surface area (TPSA) is 35.3 Å². The first-order valence-corrected chi connectivity index (χ1v) is 5.33. The maximum Gasteiger partial charge on any atom is 0.232 e. The van der Waals surface area contributed by atoms with E-state index >= 15 is 0 Å². The minimum atomic E-state index is 0.351. The highest BCUT2D eigenvalue weighted by Gasteiger charge is 2.01. The Labute approximate surface area is 96.2 Å². The number of rotatable bonds is 3. The van der Waals surface area contributed by atoms with E-state index in [0.29, 0.717) is 12.5 Å². The van der Waals surface area contributed by atoms with Crippen LogP contribution in [0.3, 0.4) is 0 Å². The van der Waals surface area contributed by atoms with Gasteiger partial charge in [0.05, 0.1) is 5.69 Å². The van der Waals surface area contributed by atoms with Crippen LogP contribution >= 0.6 is 15.9 Å². The molecule has 1 aromatic carbocycles. The van der Waals surface area contributed by atoms with E-state index in [4.69, 9.17) is 9.15 Å². The van der Waals surface area contributed by atoms with E-state index in [2.05, 4.69) is 20.9 Å². The molecule has 0 radical (unpaired) electrons. The Morgan fingerprint density at radius 2 is 2.33 bits per heavy atom. The van der Waals surface area contributed by atoms with Gasteiger partial charge in [0.2, 0.25) is 5.89 Å². The maximum absolute atomic E-state index is 5.50. The summed E-state index contributed by atoms with van der Waals surface area (Å²) >= 11 is 3.37. The van der Waals surface area contributed by atoms with Crippen molar-refractivity contribution in [3.8, 4) is 5.75 Å². The highest BCUT2D eigenvalue weighted by atomic mass is 79.9. The van der Waals surface area contributed by atoms with Gasteiger partial charge in [-0.2, -0.15) is 0 Å². The molecule has 3 nitrogen and oxygen atoms in total. The van der Waals surface area contributed by atoms with Crippen molar-refractivity contribution >= 4 is 15.9 Å². The Hall–Kier alpha value is -1.29. The molecule has 0 aliphatic carbocycles. The summed E-state index contributed by atoms with van der Waals surface area (Å²) in [4.78, 5) is 4.14. The molecule has 0 unspecified atom stereocenters. The molecule has 0 saturated heterocycles. The molecule has 4 heteroatoms. The zero-order chi connectivity index (χ0) is 10.7. The van der Waals surface area contributed by atoms with E-state index in [1.807, 2.05) is 31.2 Å². The first kappa shape index (κ1) is 10.2. The summed E-state index contributed by atoms with van der Waals surface area (Å²) in [5.74, 6) is 1.38. The molecule has 15 heavy (non-hydrogen) atoms. The summed E-state index contributed by atoms with van der Waals surface area (Å²) in [5.41, 5.74) is 0.864. The van der Waals surface area contributed by atoms with E-state index in [1.165, 1.54) is 0 Å². The lowest BCUT2D eigenvalue weighted by Crippen LogP contribution is -1.95. The van der Waals surface area contributed by atoms with Crippen molar-refractivity contribution < 1.29 is 9.15 Å². The Bertz CT molecular complexity index is 453. The standard InChI is InChI=1S/C11H10BrNO2/c1-8-6-15-11(13-8)7-14-10-4-2-3-9(12)5-10/h2-6H,7H2,1H3. The number of ether oxygens (including phenoxy) is 1. The fraction of sp³-hybridized carbons (Fsp3) is 0.182. The molecule has 0 bridgehead atoms. The van der Waals surface area contributed by atoms with Crippen LogP contribution in [-0.2, 0) is 6.61 Å². The Balaban J connectivity index is 1.99. The molecular formula is C11H10BrNO2. The smallest absolute Gasteiger partial charge is 0.232 e. The summed E-state index contributed by atoms with van der Waals surface area (Å²) < 4.78 is 11.7. The molecule has 0 amide bonds. The Kier molecular flexibility index (Phi) is 3.06. The van der Waals surface area contributed by atoms with Crippen LogP contribution in [0.5, 0.6) is 5.75 Å². The van der Waals surface area contributed by atoms with Crippen molar-refractivity contribution in [1.82, 2.24) is 4.98 Å². The van der Waals surface area contributed by atoms with Crippen LogP contribution in [0.2, 0.25) is 0 Å². The molecule has 2 rings (SSSR count). The highest BCUT2D eigenvalue weighted by Crippen LogP contribution is 2.18. The Morgan fingerprint density at radius 1 is 1.47 bits per heavy atom.